The highest BCUT2D eigenvalue weighted by molar-refractivity contribution is 6.08. The van der Waals surface area contributed by atoms with Gasteiger partial charge in [-0.15, -0.1) is 0 Å². The molecule has 0 saturated carbocycles. The van der Waals surface area contributed by atoms with Gasteiger partial charge >= 0.3 is 5.76 Å². The number of oxazole rings is 1. The molecule has 106 valence electrons. The van der Waals surface area contributed by atoms with E-state index in [0.717, 1.165) is 12.1 Å². The zero-order chi connectivity index (χ0) is 15.0. The highest BCUT2D eigenvalue weighted by atomic mass is 19.1. The van der Waals surface area contributed by atoms with Crippen LogP contribution in [0.2, 0.25) is 0 Å². The van der Waals surface area contributed by atoms with E-state index in [-0.39, 0.29) is 11.3 Å². The summed E-state index contributed by atoms with van der Waals surface area (Å²) in [5, 5.41) is 2.61. The van der Waals surface area contributed by atoms with E-state index in [1.165, 1.54) is 6.07 Å². The molecule has 2 aromatic carbocycles. The van der Waals surface area contributed by atoms with Crippen LogP contribution in [-0.2, 0) is 0 Å². The predicted octanol–water partition coefficient (Wildman–Crippen LogP) is 2.09. The molecule has 0 atom stereocenters. The number of aromatic amines is 1. The Morgan fingerprint density at radius 2 is 2.05 bits per heavy atom. The molecule has 0 fully saturated rings. The zero-order valence-electron chi connectivity index (χ0n) is 10.6. The maximum Gasteiger partial charge on any atom is 0.417 e. The van der Waals surface area contributed by atoms with Crippen LogP contribution in [0.5, 0.6) is 0 Å². The van der Waals surface area contributed by atoms with Gasteiger partial charge in [0.1, 0.15) is 5.82 Å². The molecule has 0 aliphatic carbocycles. The molecule has 0 bridgehead atoms. The fraction of sp³-hybridized carbons (Fsp3) is 0. The molecule has 21 heavy (non-hydrogen) atoms. The summed E-state index contributed by atoms with van der Waals surface area (Å²) in [5.74, 6) is -1.56. The number of rotatable bonds is 2. The van der Waals surface area contributed by atoms with Crippen molar-refractivity contribution in [1.82, 2.24) is 4.98 Å². The van der Waals surface area contributed by atoms with Crippen LogP contribution in [0.25, 0.3) is 11.1 Å². The minimum atomic E-state index is -0.573. The van der Waals surface area contributed by atoms with Gasteiger partial charge in [0.15, 0.2) is 5.58 Å². The first-order valence-corrected chi connectivity index (χ1v) is 6.02. The summed E-state index contributed by atoms with van der Waals surface area (Å²) in [6.45, 7) is 0. The van der Waals surface area contributed by atoms with Gasteiger partial charge in [0, 0.05) is 11.4 Å². The van der Waals surface area contributed by atoms with Crippen molar-refractivity contribution in [3.05, 3.63) is 58.3 Å². The van der Waals surface area contributed by atoms with Gasteiger partial charge in [0.2, 0.25) is 0 Å². The van der Waals surface area contributed by atoms with Crippen LogP contribution in [-0.4, -0.2) is 10.9 Å². The Morgan fingerprint density at radius 3 is 2.81 bits per heavy atom. The van der Waals surface area contributed by atoms with Crippen molar-refractivity contribution < 1.29 is 13.6 Å². The monoisotopic (exact) mass is 287 g/mol. The lowest BCUT2D eigenvalue weighted by atomic mass is 10.1. The number of nitrogens with two attached hydrogens (primary N) is 1. The van der Waals surface area contributed by atoms with Gasteiger partial charge in [-0.25, -0.2) is 9.18 Å². The Balaban J connectivity index is 1.90. The van der Waals surface area contributed by atoms with Gasteiger partial charge in [-0.2, -0.15) is 0 Å². The maximum atomic E-state index is 13.0. The molecule has 1 heterocycles. The van der Waals surface area contributed by atoms with Crippen molar-refractivity contribution in [3.8, 4) is 0 Å². The van der Waals surface area contributed by atoms with E-state index in [2.05, 4.69) is 10.3 Å². The van der Waals surface area contributed by atoms with Gasteiger partial charge in [0.25, 0.3) is 5.91 Å². The molecule has 0 aliphatic heterocycles. The topological polar surface area (TPSA) is 101 Å². The van der Waals surface area contributed by atoms with Crippen LogP contribution in [0.3, 0.4) is 0 Å². The van der Waals surface area contributed by atoms with Crippen LogP contribution >= 0.6 is 0 Å². The fourth-order valence-corrected chi connectivity index (χ4v) is 1.97. The molecule has 0 spiro atoms. The summed E-state index contributed by atoms with van der Waals surface area (Å²) >= 11 is 0. The second-order valence-corrected chi connectivity index (χ2v) is 4.41. The Bertz CT molecular complexity index is 898. The number of carbonyl (C=O) groups excluding carboxylic acids is 1. The van der Waals surface area contributed by atoms with Crippen molar-refractivity contribution in [2.45, 2.75) is 0 Å². The molecule has 0 radical (unpaired) electrons. The number of amides is 1. The van der Waals surface area contributed by atoms with Crippen molar-refractivity contribution in [2.24, 2.45) is 0 Å². The molecule has 6 nitrogen and oxygen atoms in total. The van der Waals surface area contributed by atoms with E-state index in [4.69, 9.17) is 10.2 Å². The molecule has 4 N–H and O–H groups in total. The van der Waals surface area contributed by atoms with Crippen molar-refractivity contribution in [2.75, 3.05) is 11.1 Å². The lowest BCUT2D eigenvalue weighted by Crippen LogP contribution is -2.14. The number of nitrogens with one attached hydrogen (secondary N) is 2. The molecule has 0 saturated heterocycles. The third-order valence-electron chi connectivity index (χ3n) is 2.94. The summed E-state index contributed by atoms with van der Waals surface area (Å²) in [6.07, 6.45) is 0. The maximum absolute atomic E-state index is 13.0. The number of hydrogen-bond acceptors (Lipinski definition) is 4. The lowest BCUT2D eigenvalue weighted by molar-refractivity contribution is 0.102. The average molecular weight is 287 g/mol. The molecule has 7 heteroatoms. The number of fused-ring (bicyclic) bond motifs is 1. The van der Waals surface area contributed by atoms with Crippen LogP contribution in [0.1, 0.15) is 10.4 Å². The first-order valence-electron chi connectivity index (χ1n) is 6.02. The lowest BCUT2D eigenvalue weighted by Gasteiger charge is -2.07. The molecule has 0 aliphatic rings. The molecular formula is C14H10FN3O3. The molecule has 1 amide bonds. The van der Waals surface area contributed by atoms with Crippen LogP contribution in [0.4, 0.5) is 15.8 Å². The second kappa shape index (κ2) is 4.78. The third kappa shape index (κ3) is 2.48. The first kappa shape index (κ1) is 12.9. The number of halogens is 1. The number of benzene rings is 2. The smallest absolute Gasteiger partial charge is 0.408 e. The predicted molar refractivity (Wildman–Crippen MR) is 75.6 cm³/mol. The average Bonchev–Trinajstić information content (AvgIpc) is 2.77. The third-order valence-corrected chi connectivity index (χ3v) is 2.94. The van der Waals surface area contributed by atoms with E-state index < -0.39 is 17.5 Å². The molecule has 0 unspecified atom stereocenters. The Labute approximate surface area is 117 Å². The zero-order valence-corrected chi connectivity index (χ0v) is 10.6. The van der Waals surface area contributed by atoms with E-state index in [1.807, 2.05) is 0 Å². The van der Waals surface area contributed by atoms with Gasteiger partial charge in [0.05, 0.1) is 11.1 Å². The van der Waals surface area contributed by atoms with Gasteiger partial charge < -0.3 is 15.5 Å². The molecule has 3 rings (SSSR count). The summed E-state index contributed by atoms with van der Waals surface area (Å²) < 4.78 is 17.8. The van der Waals surface area contributed by atoms with Crippen molar-refractivity contribution in [3.63, 3.8) is 0 Å². The Kier molecular flexibility index (Phi) is 2.94. The first-order chi connectivity index (χ1) is 10.0. The molecular weight excluding hydrogens is 277 g/mol. The minimum Gasteiger partial charge on any atom is -0.408 e. The highest BCUT2D eigenvalue weighted by Crippen LogP contribution is 2.19. The van der Waals surface area contributed by atoms with E-state index >= 15 is 0 Å². The molecule has 1 aromatic heterocycles. The Morgan fingerprint density at radius 1 is 1.24 bits per heavy atom. The largest absolute Gasteiger partial charge is 0.417 e. The SMILES string of the molecule is Nc1cc(F)ccc1C(=O)Nc1ccc2oc(=O)[nH]c2c1. The number of nitrogen functional groups attached to an aromatic ring is 1. The number of H-pyrrole nitrogens is 1. The van der Waals surface area contributed by atoms with E-state index in [9.17, 15) is 14.0 Å². The normalized spacial score (nSPS) is 10.7. The number of hydrogen-bond donors (Lipinski definition) is 3. The number of anilines is 2. The summed E-state index contributed by atoms with van der Waals surface area (Å²) in [5.41, 5.74) is 7.12. The van der Waals surface area contributed by atoms with E-state index in [1.54, 1.807) is 18.2 Å². The minimum absolute atomic E-state index is 0.0466. The standard InChI is InChI=1S/C14H10FN3O3/c15-7-1-3-9(10(16)5-7)13(19)17-8-2-4-12-11(6-8)18-14(20)21-12/h1-6H,16H2,(H,17,19)(H,18,20). The highest BCUT2D eigenvalue weighted by Gasteiger charge is 2.11. The summed E-state index contributed by atoms with van der Waals surface area (Å²) in [6, 6.07) is 8.22. The van der Waals surface area contributed by atoms with Gasteiger partial charge in [-0.3, -0.25) is 9.78 Å². The molecule has 3 aromatic rings. The van der Waals surface area contributed by atoms with Crippen LogP contribution in [0.15, 0.2) is 45.6 Å². The summed E-state index contributed by atoms with van der Waals surface area (Å²) in [4.78, 5) is 25.6. The van der Waals surface area contributed by atoms with Crippen LogP contribution in [0, 0.1) is 5.82 Å². The summed E-state index contributed by atoms with van der Waals surface area (Å²) in [7, 11) is 0. The number of carbonyl (C=O) groups is 1. The fourth-order valence-electron chi connectivity index (χ4n) is 1.97. The van der Waals surface area contributed by atoms with Crippen molar-refractivity contribution >= 4 is 28.4 Å². The van der Waals surface area contributed by atoms with Crippen molar-refractivity contribution in [1.29, 1.82) is 0 Å². The van der Waals surface area contributed by atoms with E-state index in [0.29, 0.717) is 16.8 Å². The second-order valence-electron chi connectivity index (χ2n) is 4.41. The van der Waals surface area contributed by atoms with Crippen LogP contribution < -0.4 is 16.8 Å². The van der Waals surface area contributed by atoms with Gasteiger partial charge in [-0.1, -0.05) is 0 Å². The quantitative estimate of drug-likeness (QED) is 0.628. The van der Waals surface area contributed by atoms with Gasteiger partial charge in [-0.05, 0) is 36.4 Å². The Hall–Kier alpha value is -3.09. The number of aromatic nitrogens is 1.